The first-order valence-corrected chi connectivity index (χ1v) is 6.65. The second kappa shape index (κ2) is 12.0. The second-order valence-corrected chi connectivity index (χ2v) is 4.10. The number of ether oxygens (including phenoxy) is 1. The Hall–Kier alpha value is -0.0800. The zero-order chi connectivity index (χ0) is 11.4. The predicted octanol–water partition coefficient (Wildman–Crippen LogP) is 3.32. The van der Waals surface area contributed by atoms with Crippen LogP contribution in [0.15, 0.2) is 0 Å². The fourth-order valence-electron chi connectivity index (χ4n) is 1.72. The van der Waals surface area contributed by atoms with Crippen LogP contribution in [0.5, 0.6) is 0 Å². The number of rotatable bonds is 11. The van der Waals surface area contributed by atoms with E-state index in [-0.39, 0.29) is 0 Å². The van der Waals surface area contributed by atoms with Crippen molar-refractivity contribution in [2.45, 2.75) is 52.9 Å². The Morgan fingerprint density at radius 2 is 1.53 bits per heavy atom. The molecule has 0 aromatic heterocycles. The quantitative estimate of drug-likeness (QED) is 0.490. The third-order valence-electron chi connectivity index (χ3n) is 2.58. The van der Waals surface area contributed by atoms with Gasteiger partial charge in [0.1, 0.15) is 0 Å². The highest BCUT2D eigenvalue weighted by Crippen LogP contribution is 2.00. The van der Waals surface area contributed by atoms with E-state index in [1.807, 2.05) is 0 Å². The largest absolute Gasteiger partial charge is 0.382 e. The van der Waals surface area contributed by atoms with Crippen LogP contribution in [-0.2, 0) is 4.74 Å². The summed E-state index contributed by atoms with van der Waals surface area (Å²) in [5.74, 6) is 0. The molecule has 0 unspecified atom stereocenters. The molecular weight excluding hydrogens is 186 g/mol. The molecule has 0 heterocycles. The van der Waals surface area contributed by atoms with Gasteiger partial charge in [-0.3, -0.25) is 0 Å². The van der Waals surface area contributed by atoms with Gasteiger partial charge >= 0.3 is 0 Å². The highest BCUT2D eigenvalue weighted by Gasteiger charge is 2.02. The second-order valence-electron chi connectivity index (χ2n) is 4.10. The standard InChI is InChI=1S/C13H29NO/c1-4-7-11-14(10-5-2)12-8-9-13-15-6-3/h4-13H2,1-3H3. The van der Waals surface area contributed by atoms with Crippen LogP contribution in [-0.4, -0.2) is 37.7 Å². The van der Waals surface area contributed by atoms with E-state index in [2.05, 4.69) is 25.7 Å². The summed E-state index contributed by atoms with van der Waals surface area (Å²) >= 11 is 0. The number of hydrogen-bond donors (Lipinski definition) is 0. The molecule has 0 saturated carbocycles. The molecule has 0 fully saturated rings. The van der Waals surface area contributed by atoms with Crippen LogP contribution in [0.1, 0.15) is 52.9 Å². The molecule has 0 aliphatic rings. The number of nitrogens with zero attached hydrogens (tertiary/aromatic N) is 1. The molecule has 0 aliphatic heterocycles. The van der Waals surface area contributed by atoms with E-state index in [0.29, 0.717) is 0 Å². The highest BCUT2D eigenvalue weighted by molar-refractivity contribution is 4.57. The van der Waals surface area contributed by atoms with Gasteiger partial charge in [-0.1, -0.05) is 20.3 Å². The lowest BCUT2D eigenvalue weighted by Gasteiger charge is -2.21. The molecule has 0 aromatic rings. The molecule has 0 radical (unpaired) electrons. The van der Waals surface area contributed by atoms with Crippen molar-refractivity contribution in [3.05, 3.63) is 0 Å². The molecule has 2 heteroatoms. The third kappa shape index (κ3) is 10.2. The van der Waals surface area contributed by atoms with Gasteiger partial charge in [0, 0.05) is 13.2 Å². The summed E-state index contributed by atoms with van der Waals surface area (Å²) in [5, 5.41) is 0. The molecule has 15 heavy (non-hydrogen) atoms. The molecule has 0 aliphatic carbocycles. The van der Waals surface area contributed by atoms with Crippen LogP contribution in [0.4, 0.5) is 0 Å². The van der Waals surface area contributed by atoms with Crippen LogP contribution < -0.4 is 0 Å². The molecule has 0 N–H and O–H groups in total. The summed E-state index contributed by atoms with van der Waals surface area (Å²) in [6, 6.07) is 0. The topological polar surface area (TPSA) is 12.5 Å². The van der Waals surface area contributed by atoms with Gasteiger partial charge in [-0.05, 0) is 52.2 Å². The summed E-state index contributed by atoms with van der Waals surface area (Å²) < 4.78 is 5.34. The first-order valence-electron chi connectivity index (χ1n) is 6.65. The van der Waals surface area contributed by atoms with Crippen LogP contribution >= 0.6 is 0 Å². The first-order chi connectivity index (χ1) is 7.35. The monoisotopic (exact) mass is 215 g/mol. The Labute approximate surface area is 96.0 Å². The maximum Gasteiger partial charge on any atom is 0.0466 e. The van der Waals surface area contributed by atoms with Crippen molar-refractivity contribution in [3.8, 4) is 0 Å². The Bertz CT molecular complexity index is 117. The van der Waals surface area contributed by atoms with Gasteiger partial charge in [0.05, 0.1) is 0 Å². The Morgan fingerprint density at radius 1 is 0.800 bits per heavy atom. The van der Waals surface area contributed by atoms with E-state index >= 15 is 0 Å². The van der Waals surface area contributed by atoms with Gasteiger partial charge in [0.15, 0.2) is 0 Å². The Kier molecular flexibility index (Phi) is 11.9. The van der Waals surface area contributed by atoms with E-state index in [0.717, 1.165) is 13.2 Å². The van der Waals surface area contributed by atoms with Gasteiger partial charge in [0.2, 0.25) is 0 Å². The third-order valence-corrected chi connectivity index (χ3v) is 2.58. The van der Waals surface area contributed by atoms with Crippen molar-refractivity contribution in [2.75, 3.05) is 32.8 Å². The van der Waals surface area contributed by atoms with E-state index in [1.165, 1.54) is 51.7 Å². The summed E-state index contributed by atoms with van der Waals surface area (Å²) in [4.78, 5) is 2.59. The summed E-state index contributed by atoms with van der Waals surface area (Å²) in [6.07, 6.45) is 6.41. The van der Waals surface area contributed by atoms with Gasteiger partial charge in [-0.2, -0.15) is 0 Å². The van der Waals surface area contributed by atoms with Gasteiger partial charge < -0.3 is 9.64 Å². The minimum Gasteiger partial charge on any atom is -0.382 e. The Morgan fingerprint density at radius 3 is 2.13 bits per heavy atom. The van der Waals surface area contributed by atoms with Crippen molar-refractivity contribution < 1.29 is 4.74 Å². The van der Waals surface area contributed by atoms with E-state index in [4.69, 9.17) is 4.74 Å². The van der Waals surface area contributed by atoms with Crippen molar-refractivity contribution >= 4 is 0 Å². The molecule has 92 valence electrons. The van der Waals surface area contributed by atoms with Crippen LogP contribution in [0.3, 0.4) is 0 Å². The zero-order valence-corrected chi connectivity index (χ0v) is 10.9. The van der Waals surface area contributed by atoms with Crippen LogP contribution in [0.25, 0.3) is 0 Å². The van der Waals surface area contributed by atoms with Gasteiger partial charge in [0.25, 0.3) is 0 Å². The van der Waals surface area contributed by atoms with Crippen LogP contribution in [0, 0.1) is 0 Å². The summed E-state index contributed by atoms with van der Waals surface area (Å²) in [6.45, 7) is 12.2. The highest BCUT2D eigenvalue weighted by atomic mass is 16.5. The van der Waals surface area contributed by atoms with Gasteiger partial charge in [-0.25, -0.2) is 0 Å². The average molecular weight is 215 g/mol. The molecule has 0 bridgehead atoms. The lowest BCUT2D eigenvalue weighted by molar-refractivity contribution is 0.139. The van der Waals surface area contributed by atoms with E-state index in [9.17, 15) is 0 Å². The maximum absolute atomic E-state index is 5.34. The SMILES string of the molecule is CCCCN(CCC)CCCCOCC. The van der Waals surface area contributed by atoms with Crippen LogP contribution in [0.2, 0.25) is 0 Å². The van der Waals surface area contributed by atoms with E-state index in [1.54, 1.807) is 0 Å². The first kappa shape index (κ1) is 14.9. The molecule has 2 nitrogen and oxygen atoms in total. The molecule has 0 saturated heterocycles. The Balaban J connectivity index is 3.38. The summed E-state index contributed by atoms with van der Waals surface area (Å²) in [7, 11) is 0. The van der Waals surface area contributed by atoms with Crippen molar-refractivity contribution in [1.29, 1.82) is 0 Å². The minimum atomic E-state index is 0.856. The lowest BCUT2D eigenvalue weighted by Crippen LogP contribution is -2.27. The fraction of sp³-hybridized carbons (Fsp3) is 1.00. The van der Waals surface area contributed by atoms with Crippen molar-refractivity contribution in [3.63, 3.8) is 0 Å². The fourth-order valence-corrected chi connectivity index (χ4v) is 1.72. The summed E-state index contributed by atoms with van der Waals surface area (Å²) in [5.41, 5.74) is 0. The zero-order valence-electron chi connectivity index (χ0n) is 10.9. The smallest absolute Gasteiger partial charge is 0.0466 e. The van der Waals surface area contributed by atoms with Gasteiger partial charge in [-0.15, -0.1) is 0 Å². The molecule has 0 atom stereocenters. The number of unbranched alkanes of at least 4 members (excludes halogenated alkanes) is 2. The molecular formula is C13H29NO. The molecule has 0 aromatic carbocycles. The van der Waals surface area contributed by atoms with Crippen molar-refractivity contribution in [2.24, 2.45) is 0 Å². The molecule has 0 rings (SSSR count). The average Bonchev–Trinajstić information content (AvgIpc) is 2.25. The minimum absolute atomic E-state index is 0.856. The lowest BCUT2D eigenvalue weighted by atomic mass is 10.2. The maximum atomic E-state index is 5.34. The van der Waals surface area contributed by atoms with Crippen molar-refractivity contribution in [1.82, 2.24) is 4.90 Å². The number of hydrogen-bond acceptors (Lipinski definition) is 2. The van der Waals surface area contributed by atoms with E-state index < -0.39 is 0 Å². The normalized spacial score (nSPS) is 11.2. The molecule has 0 spiro atoms. The molecule has 0 amide bonds. The predicted molar refractivity (Wildman–Crippen MR) is 67.4 cm³/mol.